The number of carbonyl (C=O) groups excluding carboxylic acids is 3. The molecule has 0 spiro atoms. The fourth-order valence-corrected chi connectivity index (χ4v) is 3.45. The van der Waals surface area contributed by atoms with E-state index in [2.05, 4.69) is 15.9 Å². The summed E-state index contributed by atoms with van der Waals surface area (Å²) >= 11 is 3.12. The summed E-state index contributed by atoms with van der Waals surface area (Å²) in [4.78, 5) is 37.8. The molecule has 6 heteroatoms. The van der Waals surface area contributed by atoms with Crippen LogP contribution in [0, 0.1) is 0 Å². The molecule has 0 saturated carbocycles. The molecule has 0 amide bonds. The van der Waals surface area contributed by atoms with Crippen molar-refractivity contribution in [3.8, 4) is 0 Å². The topological polar surface area (TPSA) is 65.4 Å². The molecule has 26 heavy (non-hydrogen) atoms. The van der Waals surface area contributed by atoms with Crippen LogP contribution in [-0.2, 0) is 11.3 Å². The van der Waals surface area contributed by atoms with Crippen LogP contribution in [0.2, 0.25) is 0 Å². The molecule has 0 saturated heterocycles. The number of nitrogens with zero attached hydrogens (tertiary/aromatic N) is 1. The molecule has 128 valence electrons. The van der Waals surface area contributed by atoms with Crippen LogP contribution >= 0.6 is 15.9 Å². The zero-order valence-electron chi connectivity index (χ0n) is 13.4. The van der Waals surface area contributed by atoms with Gasteiger partial charge in [-0.3, -0.25) is 9.59 Å². The summed E-state index contributed by atoms with van der Waals surface area (Å²) in [6.45, 7) is 0.0720. The molecular formula is C20H12BrNO4. The number of carbonyl (C=O) groups is 3. The number of para-hydroxylation sites is 1. The zero-order chi connectivity index (χ0) is 18.3. The van der Waals surface area contributed by atoms with Crippen LogP contribution in [0.5, 0.6) is 0 Å². The van der Waals surface area contributed by atoms with Crippen molar-refractivity contribution in [1.82, 2.24) is 4.57 Å². The predicted molar refractivity (Wildman–Crippen MR) is 99.6 cm³/mol. The van der Waals surface area contributed by atoms with Gasteiger partial charge in [0.15, 0.2) is 0 Å². The van der Waals surface area contributed by atoms with E-state index in [0.29, 0.717) is 10.9 Å². The van der Waals surface area contributed by atoms with Crippen molar-refractivity contribution in [1.29, 1.82) is 0 Å². The summed E-state index contributed by atoms with van der Waals surface area (Å²) in [5.41, 5.74) is 1.55. The number of ether oxygens (including phenoxy) is 1. The maximum atomic E-state index is 12.7. The van der Waals surface area contributed by atoms with Gasteiger partial charge in [0.2, 0.25) is 11.6 Å². The summed E-state index contributed by atoms with van der Waals surface area (Å²) < 4.78 is 6.75. The zero-order valence-corrected chi connectivity index (χ0v) is 15.0. The van der Waals surface area contributed by atoms with Gasteiger partial charge < -0.3 is 4.74 Å². The molecule has 0 atom stereocenters. The van der Waals surface area contributed by atoms with E-state index in [1.165, 1.54) is 10.6 Å². The normalized spacial score (nSPS) is 13.5. The highest BCUT2D eigenvalue weighted by molar-refractivity contribution is 9.12. The van der Waals surface area contributed by atoms with Gasteiger partial charge in [-0.15, -0.1) is 0 Å². The molecular weight excluding hydrogens is 398 g/mol. The van der Waals surface area contributed by atoms with Gasteiger partial charge in [0, 0.05) is 11.5 Å². The van der Waals surface area contributed by atoms with Crippen molar-refractivity contribution in [2.24, 2.45) is 0 Å². The Hall–Kier alpha value is -2.99. The number of aromatic nitrogens is 1. The molecule has 1 heterocycles. The number of halogens is 1. The molecule has 1 aliphatic carbocycles. The van der Waals surface area contributed by atoms with Gasteiger partial charge in [0.05, 0.1) is 15.6 Å². The lowest BCUT2D eigenvalue weighted by molar-refractivity contribution is 0.0983. The van der Waals surface area contributed by atoms with Gasteiger partial charge in [-0.05, 0) is 27.6 Å². The first-order valence-corrected chi connectivity index (χ1v) is 8.68. The molecule has 3 aromatic rings. The predicted octanol–water partition coefficient (Wildman–Crippen LogP) is 4.48. The van der Waals surface area contributed by atoms with E-state index < -0.39 is 11.9 Å². The number of hydrogen-bond acceptors (Lipinski definition) is 4. The number of fused-ring (bicyclic) bond motifs is 3. The molecule has 0 radical (unpaired) electrons. The standard InChI is InChI=1S/C20H12BrNO4/c21-14-10-16(23)18-17(19(14)24)13-8-4-5-9-15(13)22(18)20(25)26-11-12-6-2-1-3-7-12/h1-10H,11H2. The summed E-state index contributed by atoms with van der Waals surface area (Å²) in [5.74, 6) is -0.746. The third-order valence-electron chi connectivity index (χ3n) is 4.20. The second kappa shape index (κ2) is 6.38. The molecule has 5 nitrogen and oxygen atoms in total. The van der Waals surface area contributed by atoms with Crippen LogP contribution in [-0.4, -0.2) is 22.2 Å². The first kappa shape index (κ1) is 16.5. The van der Waals surface area contributed by atoms with Crippen LogP contribution in [0.4, 0.5) is 4.79 Å². The number of Topliss-reactive ketones (excluding diaryl/α,β-unsaturated/α-hetero) is 1. The molecule has 4 rings (SSSR count). The highest BCUT2D eigenvalue weighted by Gasteiger charge is 2.33. The van der Waals surface area contributed by atoms with Gasteiger partial charge >= 0.3 is 6.09 Å². The Morgan fingerprint density at radius 2 is 1.69 bits per heavy atom. The minimum absolute atomic E-state index is 0.0393. The summed E-state index contributed by atoms with van der Waals surface area (Å²) in [6.07, 6.45) is 0.490. The van der Waals surface area contributed by atoms with E-state index in [9.17, 15) is 14.4 Å². The minimum Gasteiger partial charge on any atom is -0.444 e. The number of benzene rings is 2. The average molecular weight is 410 g/mol. The quantitative estimate of drug-likeness (QED) is 0.625. The summed E-state index contributed by atoms with van der Waals surface area (Å²) in [6, 6.07) is 16.1. The number of rotatable bonds is 2. The van der Waals surface area contributed by atoms with E-state index >= 15 is 0 Å². The van der Waals surface area contributed by atoms with Gasteiger partial charge in [0.1, 0.15) is 12.3 Å². The Labute approximate surface area is 157 Å². The smallest absolute Gasteiger partial charge is 0.419 e. The van der Waals surface area contributed by atoms with E-state index in [-0.39, 0.29) is 28.1 Å². The molecule has 2 aromatic carbocycles. The highest BCUT2D eigenvalue weighted by atomic mass is 79.9. The Morgan fingerprint density at radius 3 is 2.46 bits per heavy atom. The van der Waals surface area contributed by atoms with Crippen LogP contribution in [0.1, 0.15) is 26.4 Å². The monoisotopic (exact) mass is 409 g/mol. The molecule has 1 aliphatic rings. The fourth-order valence-electron chi connectivity index (χ4n) is 3.04. The molecule has 1 aromatic heterocycles. The van der Waals surface area contributed by atoms with Gasteiger partial charge in [-0.2, -0.15) is 0 Å². The van der Waals surface area contributed by atoms with Crippen LogP contribution < -0.4 is 0 Å². The first-order chi connectivity index (χ1) is 12.6. The SMILES string of the molecule is O=C1C(Br)=CC(=O)c2c1c1ccccc1n2C(=O)OCc1ccccc1. The van der Waals surface area contributed by atoms with Gasteiger partial charge in [-0.25, -0.2) is 9.36 Å². The second-order valence-electron chi connectivity index (χ2n) is 5.80. The molecule has 0 bridgehead atoms. The number of ketones is 2. The molecule has 0 N–H and O–H groups in total. The number of allylic oxidation sites excluding steroid dienone is 2. The van der Waals surface area contributed by atoms with Crippen molar-refractivity contribution in [3.63, 3.8) is 0 Å². The third kappa shape index (κ3) is 2.59. The number of hydrogen-bond donors (Lipinski definition) is 0. The lowest BCUT2D eigenvalue weighted by Gasteiger charge is -2.12. The largest absolute Gasteiger partial charge is 0.444 e. The van der Waals surface area contributed by atoms with Crippen molar-refractivity contribution in [2.75, 3.05) is 0 Å². The van der Waals surface area contributed by atoms with Crippen molar-refractivity contribution >= 4 is 44.5 Å². The maximum Gasteiger partial charge on any atom is 0.419 e. The van der Waals surface area contributed by atoms with E-state index in [4.69, 9.17) is 4.74 Å². The van der Waals surface area contributed by atoms with Crippen LogP contribution in [0.3, 0.4) is 0 Å². The van der Waals surface area contributed by atoms with Crippen LogP contribution in [0.15, 0.2) is 65.2 Å². The van der Waals surface area contributed by atoms with Crippen molar-refractivity contribution in [3.05, 3.63) is 82.0 Å². The fraction of sp³-hybridized carbons (Fsp3) is 0.0500. The minimum atomic E-state index is -0.695. The molecule has 0 fully saturated rings. The lowest BCUT2D eigenvalue weighted by Crippen LogP contribution is -2.22. The lowest BCUT2D eigenvalue weighted by atomic mass is 9.99. The molecule has 0 aliphatic heterocycles. The maximum absolute atomic E-state index is 12.7. The van der Waals surface area contributed by atoms with E-state index in [1.807, 2.05) is 30.3 Å². The van der Waals surface area contributed by atoms with E-state index in [1.54, 1.807) is 24.3 Å². The summed E-state index contributed by atoms with van der Waals surface area (Å²) in [5, 5.41) is 0.544. The third-order valence-corrected chi connectivity index (χ3v) is 4.79. The second-order valence-corrected chi connectivity index (χ2v) is 6.66. The molecule has 0 unspecified atom stereocenters. The Balaban J connectivity index is 1.81. The Kier molecular flexibility index (Phi) is 4.05. The van der Waals surface area contributed by atoms with Crippen molar-refractivity contribution in [2.45, 2.75) is 6.61 Å². The van der Waals surface area contributed by atoms with Crippen molar-refractivity contribution < 1.29 is 19.1 Å². The average Bonchev–Trinajstić information content (AvgIpc) is 3.01. The first-order valence-electron chi connectivity index (χ1n) is 7.88. The Bertz CT molecular complexity index is 1100. The summed E-state index contributed by atoms with van der Waals surface area (Å²) in [7, 11) is 0. The highest BCUT2D eigenvalue weighted by Crippen LogP contribution is 2.33. The van der Waals surface area contributed by atoms with Gasteiger partial charge in [-0.1, -0.05) is 48.5 Å². The Morgan fingerprint density at radius 1 is 1.00 bits per heavy atom. The van der Waals surface area contributed by atoms with Crippen LogP contribution in [0.25, 0.3) is 10.9 Å². The van der Waals surface area contributed by atoms with E-state index in [0.717, 1.165) is 5.56 Å². The van der Waals surface area contributed by atoms with Gasteiger partial charge in [0.25, 0.3) is 0 Å².